The molecule has 0 atom stereocenters. The summed E-state index contributed by atoms with van der Waals surface area (Å²) in [6.07, 6.45) is 1.81. The van der Waals surface area contributed by atoms with Crippen molar-refractivity contribution >= 4 is 50.6 Å². The summed E-state index contributed by atoms with van der Waals surface area (Å²) in [6, 6.07) is 60.7. The number of hydrogen-bond acceptors (Lipinski definition) is 2. The average molecular weight is 720 g/mol. The van der Waals surface area contributed by atoms with Gasteiger partial charge < -0.3 is 4.42 Å². The zero-order valence-electron chi connectivity index (χ0n) is 31.1. The minimum absolute atomic E-state index is 0.0854. The van der Waals surface area contributed by atoms with E-state index in [0.29, 0.717) is 5.84 Å². The third-order valence-electron chi connectivity index (χ3n) is 11.2. The van der Waals surface area contributed by atoms with E-state index in [9.17, 15) is 0 Å². The molecule has 0 saturated carbocycles. The first kappa shape index (κ1) is 33.4. The molecule has 1 aromatic heterocycles. The third kappa shape index (κ3) is 5.66. The van der Waals surface area contributed by atoms with Crippen LogP contribution in [0.15, 0.2) is 190 Å². The number of rotatable bonds is 5. The zero-order valence-corrected chi connectivity index (χ0v) is 31.1. The monoisotopic (exact) mass is 719 g/mol. The van der Waals surface area contributed by atoms with E-state index in [1.807, 2.05) is 72.8 Å². The highest BCUT2D eigenvalue weighted by atomic mass is 16.3. The minimum atomic E-state index is -0.0854. The van der Waals surface area contributed by atoms with E-state index in [1.54, 1.807) is 6.21 Å². The van der Waals surface area contributed by atoms with E-state index in [0.717, 1.165) is 60.7 Å². The molecule has 56 heavy (non-hydrogen) atoms. The Balaban J connectivity index is 1.03. The predicted molar refractivity (Wildman–Crippen MR) is 234 cm³/mol. The number of furan rings is 1. The van der Waals surface area contributed by atoms with Crippen LogP contribution in [-0.2, 0) is 5.41 Å². The molecule has 10 rings (SSSR count). The van der Waals surface area contributed by atoms with Gasteiger partial charge in [0.05, 0.1) is 0 Å². The fourth-order valence-corrected chi connectivity index (χ4v) is 8.39. The van der Waals surface area contributed by atoms with Crippen molar-refractivity contribution in [1.82, 2.24) is 0 Å². The smallest absolute Gasteiger partial charge is 0.161 e. The topological polar surface area (TPSA) is 61.7 Å². The van der Waals surface area contributed by atoms with Crippen molar-refractivity contribution in [1.29, 1.82) is 5.41 Å². The Morgan fingerprint density at radius 3 is 2.05 bits per heavy atom. The van der Waals surface area contributed by atoms with Crippen molar-refractivity contribution in [2.75, 3.05) is 0 Å². The van der Waals surface area contributed by atoms with Gasteiger partial charge in [0.1, 0.15) is 11.2 Å². The number of amidine groups is 2. The van der Waals surface area contributed by atoms with Crippen LogP contribution in [-0.4, -0.2) is 17.9 Å². The average Bonchev–Trinajstić information content (AvgIpc) is 3.73. The highest BCUT2D eigenvalue weighted by molar-refractivity contribution is 6.22. The van der Waals surface area contributed by atoms with E-state index in [4.69, 9.17) is 19.8 Å². The molecule has 4 heteroatoms. The van der Waals surface area contributed by atoms with Crippen molar-refractivity contribution in [3.63, 3.8) is 0 Å². The van der Waals surface area contributed by atoms with E-state index in [2.05, 4.69) is 117 Å². The van der Waals surface area contributed by atoms with Gasteiger partial charge in [-0.05, 0) is 91.2 Å². The quantitative estimate of drug-likeness (QED) is 0.140. The van der Waals surface area contributed by atoms with Gasteiger partial charge in [-0.15, -0.1) is 0 Å². The van der Waals surface area contributed by atoms with Gasteiger partial charge in [0, 0.05) is 33.5 Å². The maximum absolute atomic E-state index is 8.98. The van der Waals surface area contributed by atoms with Crippen LogP contribution >= 0.6 is 0 Å². The van der Waals surface area contributed by atoms with Crippen LogP contribution in [0, 0.1) is 5.41 Å². The first-order valence-electron chi connectivity index (χ1n) is 19.0. The largest absolute Gasteiger partial charge is 0.456 e. The Morgan fingerprint density at radius 2 is 1.21 bits per heavy atom. The standard InChI is InChI=1S/C52H37N3O/c1-52(2)45-23-12-11-21-40(45)41-27-25-37(30-46(41)52)44-31-48-49(42-22-10-9-20-39(42)44)43-26-24-33(28-47(43)56-48)32-54-51(35-16-7-4-8-17-35)55-50(53)38-19-13-18-36(29-38)34-14-5-3-6-15-34/h3-32,53H,1-2H3. The molecule has 0 unspecified atom stereocenters. The second-order valence-electron chi connectivity index (χ2n) is 15.0. The van der Waals surface area contributed by atoms with Crippen LogP contribution in [0.1, 0.15) is 41.7 Å². The Hall–Kier alpha value is -7.17. The number of hydrogen-bond donors (Lipinski definition) is 1. The lowest BCUT2D eigenvalue weighted by atomic mass is 9.81. The number of nitrogens with zero attached hydrogens (tertiary/aromatic N) is 2. The molecule has 0 radical (unpaired) electrons. The Bertz CT molecular complexity index is 3060. The molecule has 0 spiro atoms. The fourth-order valence-electron chi connectivity index (χ4n) is 8.39. The normalized spacial score (nSPS) is 13.4. The maximum atomic E-state index is 8.98. The van der Waals surface area contributed by atoms with E-state index in [1.165, 1.54) is 33.2 Å². The van der Waals surface area contributed by atoms with Crippen LogP contribution in [0.25, 0.3) is 66.1 Å². The van der Waals surface area contributed by atoms with Crippen LogP contribution in [0.5, 0.6) is 0 Å². The summed E-state index contributed by atoms with van der Waals surface area (Å²) < 4.78 is 6.68. The van der Waals surface area contributed by atoms with Crippen LogP contribution in [0.4, 0.5) is 0 Å². The highest BCUT2D eigenvalue weighted by Gasteiger charge is 2.35. The summed E-state index contributed by atoms with van der Waals surface area (Å²) in [5.41, 5.74) is 13.8. The summed E-state index contributed by atoms with van der Waals surface area (Å²) in [7, 11) is 0. The van der Waals surface area contributed by atoms with Crippen molar-refractivity contribution in [2.45, 2.75) is 19.3 Å². The van der Waals surface area contributed by atoms with Gasteiger partial charge in [-0.2, -0.15) is 0 Å². The van der Waals surface area contributed by atoms with Crippen LogP contribution < -0.4 is 0 Å². The SMILES string of the molecule is CC1(C)c2ccccc2-c2ccc(-c3cc4oc5cc(C=NC(=NC(=N)c6cccc(-c7ccccc7)c6)c6ccccc6)ccc5c4c4ccccc34)cc21. The van der Waals surface area contributed by atoms with Crippen LogP contribution in [0.3, 0.4) is 0 Å². The van der Waals surface area contributed by atoms with E-state index >= 15 is 0 Å². The number of benzene rings is 8. The summed E-state index contributed by atoms with van der Waals surface area (Å²) in [6.45, 7) is 4.65. The van der Waals surface area contributed by atoms with Crippen molar-refractivity contribution in [3.8, 4) is 33.4 Å². The Morgan fingerprint density at radius 1 is 0.518 bits per heavy atom. The molecule has 0 aliphatic heterocycles. The van der Waals surface area contributed by atoms with Crippen molar-refractivity contribution in [2.24, 2.45) is 9.98 Å². The van der Waals surface area contributed by atoms with Gasteiger partial charge in [0.25, 0.3) is 0 Å². The molecule has 8 aromatic carbocycles. The molecule has 1 aliphatic rings. The van der Waals surface area contributed by atoms with Gasteiger partial charge in [-0.1, -0.05) is 159 Å². The molecule has 0 bridgehead atoms. The molecule has 4 nitrogen and oxygen atoms in total. The molecule has 1 aliphatic carbocycles. The molecular weight excluding hydrogens is 683 g/mol. The molecule has 1 heterocycles. The summed E-state index contributed by atoms with van der Waals surface area (Å²) in [5, 5.41) is 13.5. The number of fused-ring (bicyclic) bond motifs is 8. The van der Waals surface area contributed by atoms with E-state index in [-0.39, 0.29) is 11.3 Å². The Labute approximate surface area is 325 Å². The van der Waals surface area contributed by atoms with Crippen molar-refractivity contribution in [3.05, 3.63) is 204 Å². The fraction of sp³-hybridized carbons (Fsp3) is 0.0577. The van der Waals surface area contributed by atoms with E-state index < -0.39 is 0 Å². The van der Waals surface area contributed by atoms with Gasteiger partial charge in [-0.3, -0.25) is 5.41 Å². The first-order chi connectivity index (χ1) is 27.4. The third-order valence-corrected chi connectivity index (χ3v) is 11.2. The second kappa shape index (κ2) is 13.3. The predicted octanol–water partition coefficient (Wildman–Crippen LogP) is 13.3. The zero-order chi connectivity index (χ0) is 37.8. The molecule has 9 aromatic rings. The van der Waals surface area contributed by atoms with Crippen LogP contribution in [0.2, 0.25) is 0 Å². The highest BCUT2D eigenvalue weighted by Crippen LogP contribution is 2.50. The number of aliphatic imine (C=N–C) groups is 2. The van der Waals surface area contributed by atoms with Crippen molar-refractivity contribution < 1.29 is 4.42 Å². The lowest BCUT2D eigenvalue weighted by molar-refractivity contribution is 0.660. The molecule has 1 N–H and O–H groups in total. The second-order valence-corrected chi connectivity index (χ2v) is 15.0. The molecule has 266 valence electrons. The van der Waals surface area contributed by atoms with Gasteiger partial charge in [-0.25, -0.2) is 9.98 Å². The lowest BCUT2D eigenvalue weighted by Crippen LogP contribution is -2.14. The number of nitrogens with one attached hydrogen (secondary N) is 1. The lowest BCUT2D eigenvalue weighted by Gasteiger charge is -2.22. The first-order valence-corrected chi connectivity index (χ1v) is 19.0. The Kier molecular flexibility index (Phi) is 7.93. The molecule has 0 amide bonds. The molecular formula is C52H37N3O. The minimum Gasteiger partial charge on any atom is -0.456 e. The summed E-state index contributed by atoms with van der Waals surface area (Å²) in [4.78, 5) is 9.63. The van der Waals surface area contributed by atoms with Gasteiger partial charge >= 0.3 is 0 Å². The summed E-state index contributed by atoms with van der Waals surface area (Å²) >= 11 is 0. The maximum Gasteiger partial charge on any atom is 0.161 e. The van der Waals surface area contributed by atoms with Gasteiger partial charge in [0.2, 0.25) is 0 Å². The molecule has 0 saturated heterocycles. The summed E-state index contributed by atoms with van der Waals surface area (Å²) in [5.74, 6) is 0.604. The van der Waals surface area contributed by atoms with Gasteiger partial charge in [0.15, 0.2) is 11.7 Å². The molecule has 0 fully saturated rings.